The molecule has 1 aromatic carbocycles. The van der Waals surface area contributed by atoms with E-state index in [1.165, 1.54) is 0 Å². The van der Waals surface area contributed by atoms with Gasteiger partial charge in [-0.3, -0.25) is 4.79 Å². The van der Waals surface area contributed by atoms with Gasteiger partial charge in [-0.15, -0.1) is 0 Å². The molecule has 1 amide bonds. The van der Waals surface area contributed by atoms with Gasteiger partial charge in [-0.1, -0.05) is 13.3 Å². The van der Waals surface area contributed by atoms with E-state index in [2.05, 4.69) is 12.2 Å². The molecule has 0 saturated heterocycles. The number of hydrogen-bond donors (Lipinski definition) is 1. The number of methoxy groups -OCH3 is 1. The molecule has 0 unspecified atom stereocenters. The largest absolute Gasteiger partial charge is 0.495 e. The first-order valence-electron chi connectivity index (χ1n) is 6.76. The van der Waals surface area contributed by atoms with Crippen LogP contribution in [0.3, 0.4) is 0 Å². The fourth-order valence-electron chi connectivity index (χ4n) is 1.94. The second kappa shape index (κ2) is 6.80. The van der Waals surface area contributed by atoms with Crippen molar-refractivity contribution in [2.45, 2.75) is 26.2 Å². The molecule has 0 bridgehead atoms. The van der Waals surface area contributed by atoms with Gasteiger partial charge in [0, 0.05) is 12.0 Å². The Bertz CT molecular complexity index is 561. The van der Waals surface area contributed by atoms with Crippen LogP contribution in [0.2, 0.25) is 0 Å². The van der Waals surface area contributed by atoms with Crippen molar-refractivity contribution in [1.29, 1.82) is 0 Å². The third kappa shape index (κ3) is 3.41. The van der Waals surface area contributed by atoms with Gasteiger partial charge < -0.3 is 14.5 Å². The van der Waals surface area contributed by atoms with Gasteiger partial charge in [-0.05, 0) is 36.8 Å². The topological polar surface area (TPSA) is 51.5 Å². The van der Waals surface area contributed by atoms with Crippen molar-refractivity contribution in [3.05, 3.63) is 36.6 Å². The summed E-state index contributed by atoms with van der Waals surface area (Å²) in [4.78, 5) is 11.8. The molecule has 0 saturated carbocycles. The molecule has 106 valence electrons. The van der Waals surface area contributed by atoms with E-state index in [-0.39, 0.29) is 5.91 Å². The molecule has 2 aromatic rings. The summed E-state index contributed by atoms with van der Waals surface area (Å²) in [5.74, 6) is 1.41. The van der Waals surface area contributed by atoms with Crippen molar-refractivity contribution in [3.8, 4) is 17.1 Å². The number of benzene rings is 1. The molecule has 0 radical (unpaired) electrons. The third-order valence-corrected chi connectivity index (χ3v) is 3.04. The normalized spacial score (nSPS) is 10.3. The maximum absolute atomic E-state index is 11.8. The van der Waals surface area contributed by atoms with E-state index in [0.717, 1.165) is 24.2 Å². The van der Waals surface area contributed by atoms with Gasteiger partial charge in [-0.2, -0.15) is 0 Å². The maximum atomic E-state index is 11.8. The van der Waals surface area contributed by atoms with Crippen LogP contribution in [0, 0.1) is 0 Å². The highest BCUT2D eigenvalue weighted by atomic mass is 16.5. The second-order valence-electron chi connectivity index (χ2n) is 4.54. The van der Waals surface area contributed by atoms with Gasteiger partial charge in [0.05, 0.1) is 19.1 Å². The highest BCUT2D eigenvalue weighted by molar-refractivity contribution is 5.92. The van der Waals surface area contributed by atoms with Crippen LogP contribution in [-0.2, 0) is 4.79 Å². The lowest BCUT2D eigenvalue weighted by Gasteiger charge is -2.11. The Balaban J connectivity index is 2.16. The second-order valence-corrected chi connectivity index (χ2v) is 4.54. The monoisotopic (exact) mass is 273 g/mol. The summed E-state index contributed by atoms with van der Waals surface area (Å²) in [6.45, 7) is 2.06. The Labute approximate surface area is 118 Å². The molecular weight excluding hydrogens is 254 g/mol. The van der Waals surface area contributed by atoms with E-state index >= 15 is 0 Å². The average molecular weight is 273 g/mol. The first-order valence-corrected chi connectivity index (χ1v) is 6.76. The van der Waals surface area contributed by atoms with E-state index in [1.54, 1.807) is 13.4 Å². The van der Waals surface area contributed by atoms with Crippen molar-refractivity contribution in [3.63, 3.8) is 0 Å². The molecule has 0 aliphatic carbocycles. The number of amides is 1. The van der Waals surface area contributed by atoms with Crippen LogP contribution in [0.15, 0.2) is 41.0 Å². The molecule has 1 N–H and O–H groups in total. The van der Waals surface area contributed by atoms with E-state index < -0.39 is 0 Å². The van der Waals surface area contributed by atoms with Crippen LogP contribution in [-0.4, -0.2) is 13.0 Å². The van der Waals surface area contributed by atoms with Gasteiger partial charge in [0.1, 0.15) is 11.5 Å². The quantitative estimate of drug-likeness (QED) is 0.862. The van der Waals surface area contributed by atoms with E-state index in [4.69, 9.17) is 9.15 Å². The molecule has 2 rings (SSSR count). The van der Waals surface area contributed by atoms with Gasteiger partial charge >= 0.3 is 0 Å². The summed E-state index contributed by atoms with van der Waals surface area (Å²) in [5.41, 5.74) is 1.60. The van der Waals surface area contributed by atoms with Crippen LogP contribution >= 0.6 is 0 Å². The van der Waals surface area contributed by atoms with Crippen LogP contribution in [0.1, 0.15) is 26.2 Å². The molecule has 20 heavy (non-hydrogen) atoms. The Morgan fingerprint density at radius 1 is 1.35 bits per heavy atom. The lowest BCUT2D eigenvalue weighted by molar-refractivity contribution is -0.116. The van der Waals surface area contributed by atoms with E-state index in [0.29, 0.717) is 17.9 Å². The predicted octanol–water partition coefficient (Wildman–Crippen LogP) is 4.08. The minimum absolute atomic E-state index is 0.0101. The summed E-state index contributed by atoms with van der Waals surface area (Å²) >= 11 is 0. The molecule has 0 aliphatic heterocycles. The highest BCUT2D eigenvalue weighted by Crippen LogP contribution is 2.31. The fourth-order valence-corrected chi connectivity index (χ4v) is 1.94. The molecule has 4 nitrogen and oxygen atoms in total. The summed E-state index contributed by atoms with van der Waals surface area (Å²) in [5, 5.41) is 2.87. The number of furan rings is 1. The number of anilines is 1. The SMILES string of the molecule is CCCCC(=O)Nc1ccc(-c2ccco2)cc1OC. The van der Waals surface area contributed by atoms with Crippen molar-refractivity contribution < 1.29 is 13.9 Å². The Kier molecular flexibility index (Phi) is 4.82. The van der Waals surface area contributed by atoms with Crippen molar-refractivity contribution in [1.82, 2.24) is 0 Å². The van der Waals surface area contributed by atoms with Crippen molar-refractivity contribution >= 4 is 11.6 Å². The minimum atomic E-state index is 0.0101. The molecule has 0 atom stereocenters. The van der Waals surface area contributed by atoms with E-state index in [1.807, 2.05) is 30.3 Å². The summed E-state index contributed by atoms with van der Waals surface area (Å²) in [7, 11) is 1.59. The first kappa shape index (κ1) is 14.2. The molecule has 0 spiro atoms. The molecule has 0 fully saturated rings. The van der Waals surface area contributed by atoms with E-state index in [9.17, 15) is 4.79 Å². The molecule has 4 heteroatoms. The van der Waals surface area contributed by atoms with Crippen molar-refractivity contribution in [2.75, 3.05) is 12.4 Å². The minimum Gasteiger partial charge on any atom is -0.495 e. The number of carbonyl (C=O) groups is 1. The Morgan fingerprint density at radius 2 is 2.20 bits per heavy atom. The lowest BCUT2D eigenvalue weighted by Crippen LogP contribution is -2.11. The number of ether oxygens (including phenoxy) is 1. The zero-order valence-corrected chi connectivity index (χ0v) is 11.8. The summed E-state index contributed by atoms with van der Waals surface area (Å²) in [6, 6.07) is 9.31. The molecule has 1 aromatic heterocycles. The Morgan fingerprint density at radius 3 is 2.85 bits per heavy atom. The van der Waals surface area contributed by atoms with Crippen LogP contribution in [0.4, 0.5) is 5.69 Å². The number of unbranched alkanes of at least 4 members (excludes halogenated alkanes) is 1. The molecule has 0 aliphatic rings. The average Bonchev–Trinajstić information content (AvgIpc) is 2.99. The number of hydrogen-bond acceptors (Lipinski definition) is 3. The predicted molar refractivity (Wildman–Crippen MR) is 78.9 cm³/mol. The molecular formula is C16H19NO3. The lowest BCUT2D eigenvalue weighted by atomic mass is 10.1. The summed E-state index contributed by atoms with van der Waals surface area (Å²) in [6.07, 6.45) is 4.04. The smallest absolute Gasteiger partial charge is 0.224 e. The Hall–Kier alpha value is -2.23. The van der Waals surface area contributed by atoms with Crippen LogP contribution in [0.25, 0.3) is 11.3 Å². The fraction of sp³-hybridized carbons (Fsp3) is 0.312. The van der Waals surface area contributed by atoms with Gasteiger partial charge in [0.15, 0.2) is 0 Å². The molecule has 1 heterocycles. The van der Waals surface area contributed by atoms with Gasteiger partial charge in [-0.25, -0.2) is 0 Å². The third-order valence-electron chi connectivity index (χ3n) is 3.04. The van der Waals surface area contributed by atoms with Crippen LogP contribution < -0.4 is 10.1 Å². The zero-order valence-electron chi connectivity index (χ0n) is 11.8. The zero-order chi connectivity index (χ0) is 14.4. The highest BCUT2D eigenvalue weighted by Gasteiger charge is 2.10. The van der Waals surface area contributed by atoms with Crippen molar-refractivity contribution in [2.24, 2.45) is 0 Å². The summed E-state index contributed by atoms with van der Waals surface area (Å²) < 4.78 is 10.7. The standard InChI is InChI=1S/C16H19NO3/c1-3-4-7-16(18)17-13-9-8-12(11-15(13)19-2)14-6-5-10-20-14/h5-6,8-11H,3-4,7H2,1-2H3,(H,17,18). The maximum Gasteiger partial charge on any atom is 0.224 e. The van der Waals surface area contributed by atoms with Gasteiger partial charge in [0.25, 0.3) is 0 Å². The number of nitrogens with one attached hydrogen (secondary N) is 1. The van der Waals surface area contributed by atoms with Gasteiger partial charge in [0.2, 0.25) is 5.91 Å². The van der Waals surface area contributed by atoms with Crippen LogP contribution in [0.5, 0.6) is 5.75 Å². The number of rotatable bonds is 6. The number of carbonyl (C=O) groups excluding carboxylic acids is 1. The first-order chi connectivity index (χ1) is 9.74.